The Balaban J connectivity index is 2.52. The lowest BCUT2D eigenvalue weighted by Crippen LogP contribution is -2.02. The summed E-state index contributed by atoms with van der Waals surface area (Å²) in [5, 5.41) is 3.71. The normalized spacial score (nSPS) is 10.3. The van der Waals surface area contributed by atoms with E-state index in [1.54, 1.807) is 0 Å². The Bertz CT molecular complexity index is 545. The zero-order chi connectivity index (χ0) is 12.4. The number of carbonyl (C=O) groups is 1. The van der Waals surface area contributed by atoms with Gasteiger partial charge in [0, 0.05) is 5.56 Å². The van der Waals surface area contributed by atoms with Crippen molar-refractivity contribution in [3.63, 3.8) is 0 Å². The minimum absolute atomic E-state index is 0.0626. The molecule has 0 amide bonds. The molecule has 0 N–H and O–H groups in total. The fraction of sp³-hybridized carbons (Fsp3) is 0.167. The van der Waals surface area contributed by atoms with Crippen LogP contribution in [0.1, 0.15) is 15.9 Å². The molecule has 2 aromatic rings. The van der Waals surface area contributed by atoms with Gasteiger partial charge in [-0.05, 0) is 18.5 Å². The first kappa shape index (κ1) is 11.7. The summed E-state index contributed by atoms with van der Waals surface area (Å²) in [6.45, 7) is 1.97. The second-order valence-corrected chi connectivity index (χ2v) is 3.88. The van der Waals surface area contributed by atoms with E-state index in [2.05, 4.69) is 9.89 Å². The maximum atomic E-state index is 11.5. The van der Waals surface area contributed by atoms with Crippen LogP contribution in [0.25, 0.3) is 11.3 Å². The smallest absolute Gasteiger partial charge is 0.345 e. The molecule has 17 heavy (non-hydrogen) atoms. The predicted octanol–water partition coefficient (Wildman–Crippen LogP) is 3.09. The van der Waals surface area contributed by atoms with Gasteiger partial charge in [0.15, 0.2) is 0 Å². The zero-order valence-electron chi connectivity index (χ0n) is 9.36. The van der Waals surface area contributed by atoms with Crippen LogP contribution in [0, 0.1) is 6.92 Å². The Labute approximate surface area is 103 Å². The van der Waals surface area contributed by atoms with Crippen molar-refractivity contribution in [1.29, 1.82) is 0 Å². The largest absolute Gasteiger partial charge is 0.465 e. The second kappa shape index (κ2) is 4.59. The highest BCUT2D eigenvalue weighted by Gasteiger charge is 2.23. The van der Waals surface area contributed by atoms with E-state index in [9.17, 15) is 4.79 Å². The third-order valence-corrected chi connectivity index (χ3v) is 2.62. The summed E-state index contributed by atoms with van der Waals surface area (Å²) in [7, 11) is 1.28. The average Bonchev–Trinajstić information content (AvgIpc) is 2.71. The lowest BCUT2D eigenvalue weighted by atomic mass is 10.1. The number of methoxy groups -OCH3 is 1. The van der Waals surface area contributed by atoms with Crippen molar-refractivity contribution in [2.75, 3.05) is 7.11 Å². The van der Waals surface area contributed by atoms with Gasteiger partial charge in [-0.3, -0.25) is 0 Å². The van der Waals surface area contributed by atoms with Gasteiger partial charge in [-0.25, -0.2) is 4.79 Å². The van der Waals surface area contributed by atoms with E-state index in [1.165, 1.54) is 7.11 Å². The number of rotatable bonds is 2. The van der Waals surface area contributed by atoms with Gasteiger partial charge in [-0.2, -0.15) is 0 Å². The van der Waals surface area contributed by atoms with Crippen LogP contribution in [0.5, 0.6) is 0 Å². The second-order valence-electron chi connectivity index (χ2n) is 3.54. The minimum Gasteiger partial charge on any atom is -0.465 e. The number of nitrogens with zero attached hydrogens (tertiary/aromatic N) is 1. The van der Waals surface area contributed by atoms with Gasteiger partial charge in [0.1, 0.15) is 11.3 Å². The number of aromatic nitrogens is 1. The number of esters is 1. The van der Waals surface area contributed by atoms with Crippen molar-refractivity contribution >= 4 is 17.6 Å². The van der Waals surface area contributed by atoms with E-state index in [0.29, 0.717) is 5.69 Å². The first-order valence-corrected chi connectivity index (χ1v) is 5.32. The first-order chi connectivity index (χ1) is 8.13. The van der Waals surface area contributed by atoms with Gasteiger partial charge in [0.25, 0.3) is 0 Å². The van der Waals surface area contributed by atoms with Crippen LogP contribution in [0.4, 0.5) is 0 Å². The van der Waals surface area contributed by atoms with Crippen molar-refractivity contribution in [3.8, 4) is 11.3 Å². The number of aryl methyl sites for hydroxylation is 1. The summed E-state index contributed by atoms with van der Waals surface area (Å²) in [5.41, 5.74) is 2.41. The fourth-order valence-corrected chi connectivity index (χ4v) is 1.66. The van der Waals surface area contributed by atoms with Crippen LogP contribution >= 0.6 is 11.6 Å². The molecule has 1 heterocycles. The predicted molar refractivity (Wildman–Crippen MR) is 63.0 cm³/mol. The molecule has 4 nitrogen and oxygen atoms in total. The Morgan fingerprint density at radius 3 is 2.59 bits per heavy atom. The van der Waals surface area contributed by atoms with E-state index >= 15 is 0 Å². The molecular formula is C12H10ClNO3. The van der Waals surface area contributed by atoms with Gasteiger partial charge in [-0.15, -0.1) is 0 Å². The molecule has 0 aliphatic heterocycles. The van der Waals surface area contributed by atoms with Crippen LogP contribution in [0.3, 0.4) is 0 Å². The molecule has 2 rings (SSSR count). The van der Waals surface area contributed by atoms with Crippen LogP contribution in [-0.4, -0.2) is 18.2 Å². The number of halogens is 1. The van der Waals surface area contributed by atoms with E-state index in [4.69, 9.17) is 16.1 Å². The average molecular weight is 252 g/mol. The zero-order valence-corrected chi connectivity index (χ0v) is 10.1. The fourth-order valence-electron chi connectivity index (χ4n) is 1.46. The number of ether oxygens (including phenoxy) is 1. The summed E-state index contributed by atoms with van der Waals surface area (Å²) >= 11 is 5.77. The monoisotopic (exact) mass is 251 g/mol. The minimum atomic E-state index is -0.563. The van der Waals surface area contributed by atoms with E-state index in [-0.39, 0.29) is 10.8 Å². The summed E-state index contributed by atoms with van der Waals surface area (Å²) in [6, 6.07) is 7.52. The highest BCUT2D eigenvalue weighted by Crippen LogP contribution is 2.29. The lowest BCUT2D eigenvalue weighted by molar-refractivity contribution is 0.0601. The molecule has 0 aliphatic rings. The number of carbonyl (C=O) groups excluding carboxylic acids is 1. The van der Waals surface area contributed by atoms with Crippen molar-refractivity contribution in [1.82, 2.24) is 5.16 Å². The molecule has 5 heteroatoms. The molecule has 88 valence electrons. The standard InChI is InChI=1S/C12H10ClNO3/c1-7-3-5-8(6-4-7)10-9(12(15)16-2)11(13)17-14-10/h3-6H,1-2H3. The molecule has 0 saturated heterocycles. The van der Waals surface area contributed by atoms with Gasteiger partial charge >= 0.3 is 5.97 Å². The Morgan fingerprint density at radius 1 is 1.35 bits per heavy atom. The van der Waals surface area contributed by atoms with Gasteiger partial charge in [0.05, 0.1) is 7.11 Å². The van der Waals surface area contributed by atoms with E-state index in [0.717, 1.165) is 11.1 Å². The molecule has 0 saturated carbocycles. The molecule has 0 fully saturated rings. The molecule has 0 radical (unpaired) electrons. The lowest BCUT2D eigenvalue weighted by Gasteiger charge is -2.00. The van der Waals surface area contributed by atoms with Gasteiger partial charge in [-0.1, -0.05) is 35.0 Å². The third-order valence-electron chi connectivity index (χ3n) is 2.36. The molecule has 0 aliphatic carbocycles. The maximum Gasteiger partial charge on any atom is 0.345 e. The number of benzene rings is 1. The quantitative estimate of drug-likeness (QED) is 0.770. The molecular weight excluding hydrogens is 242 g/mol. The summed E-state index contributed by atoms with van der Waals surface area (Å²) < 4.78 is 9.46. The highest BCUT2D eigenvalue weighted by molar-refractivity contribution is 6.32. The van der Waals surface area contributed by atoms with E-state index in [1.807, 2.05) is 31.2 Å². The molecule has 0 unspecified atom stereocenters. The Hall–Kier alpha value is -1.81. The highest BCUT2D eigenvalue weighted by atomic mass is 35.5. The van der Waals surface area contributed by atoms with Crippen molar-refractivity contribution in [3.05, 3.63) is 40.6 Å². The van der Waals surface area contributed by atoms with Crippen LogP contribution < -0.4 is 0 Å². The molecule has 1 aromatic heterocycles. The number of hydrogen-bond donors (Lipinski definition) is 0. The molecule has 0 atom stereocenters. The number of hydrogen-bond acceptors (Lipinski definition) is 4. The van der Waals surface area contributed by atoms with Crippen LogP contribution in [0.15, 0.2) is 28.8 Å². The topological polar surface area (TPSA) is 52.3 Å². The van der Waals surface area contributed by atoms with Crippen molar-refractivity contribution < 1.29 is 14.1 Å². The molecule has 0 bridgehead atoms. The van der Waals surface area contributed by atoms with Crippen molar-refractivity contribution in [2.24, 2.45) is 0 Å². The third kappa shape index (κ3) is 2.17. The van der Waals surface area contributed by atoms with Crippen molar-refractivity contribution in [2.45, 2.75) is 6.92 Å². The maximum absolute atomic E-state index is 11.5. The molecule has 1 aromatic carbocycles. The molecule has 0 spiro atoms. The SMILES string of the molecule is COC(=O)c1c(-c2ccc(C)cc2)noc1Cl. The Kier molecular flexibility index (Phi) is 3.15. The van der Waals surface area contributed by atoms with E-state index < -0.39 is 5.97 Å². The van der Waals surface area contributed by atoms with Gasteiger partial charge in [0.2, 0.25) is 5.22 Å². The summed E-state index contributed by atoms with van der Waals surface area (Å²) in [6.07, 6.45) is 0. The van der Waals surface area contributed by atoms with Crippen LogP contribution in [-0.2, 0) is 4.74 Å². The van der Waals surface area contributed by atoms with Gasteiger partial charge < -0.3 is 9.26 Å². The summed E-state index contributed by atoms with van der Waals surface area (Å²) in [4.78, 5) is 11.5. The Morgan fingerprint density at radius 2 is 2.00 bits per heavy atom. The summed E-state index contributed by atoms with van der Waals surface area (Å²) in [5.74, 6) is -0.563. The first-order valence-electron chi connectivity index (χ1n) is 4.94. The van der Waals surface area contributed by atoms with Crippen LogP contribution in [0.2, 0.25) is 5.22 Å².